The third kappa shape index (κ3) is 3.79. The summed E-state index contributed by atoms with van der Waals surface area (Å²) in [7, 11) is 1.57. The van der Waals surface area contributed by atoms with Gasteiger partial charge in [0.25, 0.3) is 0 Å². The van der Waals surface area contributed by atoms with Gasteiger partial charge in [-0.15, -0.1) is 5.10 Å². The van der Waals surface area contributed by atoms with E-state index in [4.69, 9.17) is 16.3 Å². The number of nitrogens with zero attached hydrogens (tertiary/aromatic N) is 3. The SMILES string of the molecule is COc1ccccc1-c1nc(NC(=O)C2CCN(c3ccc(Cl)cc3)C2=O)n[nH]1. The van der Waals surface area contributed by atoms with Crippen molar-refractivity contribution in [1.29, 1.82) is 0 Å². The zero-order chi connectivity index (χ0) is 20.4. The molecule has 8 nitrogen and oxygen atoms in total. The topological polar surface area (TPSA) is 100 Å². The minimum atomic E-state index is -0.793. The number of benzene rings is 2. The molecule has 1 aliphatic rings. The molecule has 29 heavy (non-hydrogen) atoms. The fourth-order valence-corrected chi connectivity index (χ4v) is 3.40. The van der Waals surface area contributed by atoms with Gasteiger partial charge in [0.15, 0.2) is 5.82 Å². The molecule has 2 heterocycles. The van der Waals surface area contributed by atoms with Crippen LogP contribution in [-0.4, -0.2) is 40.7 Å². The lowest BCUT2D eigenvalue weighted by Gasteiger charge is -2.16. The highest BCUT2D eigenvalue weighted by Crippen LogP contribution is 2.29. The van der Waals surface area contributed by atoms with E-state index in [2.05, 4.69) is 20.5 Å². The van der Waals surface area contributed by atoms with Gasteiger partial charge >= 0.3 is 0 Å². The summed E-state index contributed by atoms with van der Waals surface area (Å²) < 4.78 is 5.31. The number of carbonyl (C=O) groups is 2. The summed E-state index contributed by atoms with van der Waals surface area (Å²) in [6.45, 7) is 0.457. The highest BCUT2D eigenvalue weighted by Gasteiger charge is 2.38. The van der Waals surface area contributed by atoms with Crippen LogP contribution in [0, 0.1) is 5.92 Å². The van der Waals surface area contributed by atoms with Crippen molar-refractivity contribution in [3.05, 3.63) is 53.6 Å². The molecule has 1 atom stereocenters. The maximum atomic E-state index is 12.7. The van der Waals surface area contributed by atoms with Gasteiger partial charge in [0.1, 0.15) is 11.7 Å². The molecule has 0 aliphatic carbocycles. The van der Waals surface area contributed by atoms with E-state index in [0.717, 1.165) is 0 Å². The van der Waals surface area contributed by atoms with Crippen molar-refractivity contribution in [2.45, 2.75) is 6.42 Å². The first-order valence-corrected chi connectivity index (χ1v) is 9.38. The van der Waals surface area contributed by atoms with Crippen LogP contribution in [0.1, 0.15) is 6.42 Å². The number of methoxy groups -OCH3 is 1. The summed E-state index contributed by atoms with van der Waals surface area (Å²) in [4.78, 5) is 31.2. The number of aromatic amines is 1. The Bertz CT molecular complexity index is 1050. The van der Waals surface area contributed by atoms with Crippen molar-refractivity contribution in [3.8, 4) is 17.1 Å². The Morgan fingerprint density at radius 1 is 1.24 bits per heavy atom. The van der Waals surface area contributed by atoms with Gasteiger partial charge in [-0.05, 0) is 42.8 Å². The Balaban J connectivity index is 1.46. The molecular formula is C20H18ClN5O3. The fourth-order valence-electron chi connectivity index (χ4n) is 3.28. The van der Waals surface area contributed by atoms with Gasteiger partial charge in [0.2, 0.25) is 17.8 Å². The first kappa shape index (κ1) is 18.9. The number of hydrogen-bond acceptors (Lipinski definition) is 5. The number of para-hydroxylation sites is 1. The van der Waals surface area contributed by atoms with Gasteiger partial charge in [-0.2, -0.15) is 4.98 Å². The second-order valence-electron chi connectivity index (χ2n) is 6.50. The average molecular weight is 412 g/mol. The molecule has 4 rings (SSSR count). The number of nitrogens with one attached hydrogen (secondary N) is 2. The quantitative estimate of drug-likeness (QED) is 0.628. The predicted octanol–water partition coefficient (Wildman–Crippen LogP) is 3.13. The van der Waals surface area contributed by atoms with Crippen LogP contribution in [-0.2, 0) is 9.59 Å². The molecule has 2 N–H and O–H groups in total. The molecule has 0 saturated carbocycles. The number of amides is 2. The number of aromatic nitrogens is 3. The number of anilines is 2. The number of halogens is 1. The fraction of sp³-hybridized carbons (Fsp3) is 0.200. The molecular weight excluding hydrogens is 394 g/mol. The van der Waals surface area contributed by atoms with E-state index < -0.39 is 11.8 Å². The van der Waals surface area contributed by atoms with Crippen LogP contribution < -0.4 is 15.0 Å². The molecule has 1 aliphatic heterocycles. The molecule has 3 aromatic rings. The summed E-state index contributed by atoms with van der Waals surface area (Å²) in [6.07, 6.45) is 0.414. The number of carbonyl (C=O) groups excluding carboxylic acids is 2. The van der Waals surface area contributed by atoms with Crippen molar-refractivity contribution < 1.29 is 14.3 Å². The Labute approximate surface area is 171 Å². The van der Waals surface area contributed by atoms with E-state index in [1.54, 1.807) is 42.3 Å². The summed E-state index contributed by atoms with van der Waals surface area (Å²) in [5.41, 5.74) is 1.43. The molecule has 2 amide bonds. The van der Waals surface area contributed by atoms with E-state index in [1.165, 1.54) is 0 Å². The highest BCUT2D eigenvalue weighted by molar-refractivity contribution is 6.30. The van der Waals surface area contributed by atoms with Crippen molar-refractivity contribution in [2.24, 2.45) is 5.92 Å². The second kappa shape index (κ2) is 7.92. The summed E-state index contributed by atoms with van der Waals surface area (Å²) in [5.74, 6) is -0.292. The zero-order valence-corrected chi connectivity index (χ0v) is 16.3. The highest BCUT2D eigenvalue weighted by atomic mass is 35.5. The number of H-pyrrole nitrogens is 1. The maximum absolute atomic E-state index is 12.7. The van der Waals surface area contributed by atoms with Crippen molar-refractivity contribution in [1.82, 2.24) is 15.2 Å². The van der Waals surface area contributed by atoms with Crippen LogP contribution in [0.15, 0.2) is 48.5 Å². The van der Waals surface area contributed by atoms with E-state index in [1.807, 2.05) is 18.2 Å². The van der Waals surface area contributed by atoms with Crippen LogP contribution in [0.2, 0.25) is 5.02 Å². The molecule has 0 radical (unpaired) electrons. The largest absolute Gasteiger partial charge is 0.496 e. The van der Waals surface area contributed by atoms with Crippen LogP contribution in [0.3, 0.4) is 0 Å². The molecule has 0 spiro atoms. The Kier molecular flexibility index (Phi) is 5.18. The first-order valence-electron chi connectivity index (χ1n) is 9.00. The summed E-state index contributed by atoms with van der Waals surface area (Å²) in [5, 5.41) is 10.0. The number of hydrogen-bond donors (Lipinski definition) is 2. The first-order chi connectivity index (χ1) is 14.1. The monoisotopic (exact) mass is 411 g/mol. The van der Waals surface area contributed by atoms with Crippen LogP contribution >= 0.6 is 11.6 Å². The molecule has 1 fully saturated rings. The molecule has 1 unspecified atom stereocenters. The molecule has 2 aromatic carbocycles. The van der Waals surface area contributed by atoms with Gasteiger partial charge in [0, 0.05) is 17.3 Å². The second-order valence-corrected chi connectivity index (χ2v) is 6.94. The van der Waals surface area contributed by atoms with Gasteiger partial charge in [-0.3, -0.25) is 20.0 Å². The van der Waals surface area contributed by atoms with Gasteiger partial charge in [-0.25, -0.2) is 0 Å². The third-order valence-electron chi connectivity index (χ3n) is 4.74. The minimum Gasteiger partial charge on any atom is -0.496 e. The molecule has 1 saturated heterocycles. The van der Waals surface area contributed by atoms with E-state index >= 15 is 0 Å². The Hall–Kier alpha value is -3.39. The normalized spacial score (nSPS) is 16.1. The van der Waals surface area contributed by atoms with Crippen molar-refractivity contribution in [3.63, 3.8) is 0 Å². The lowest BCUT2D eigenvalue weighted by molar-refractivity contribution is -0.129. The molecule has 9 heteroatoms. The summed E-state index contributed by atoms with van der Waals surface area (Å²) in [6, 6.07) is 14.3. The standard InChI is InChI=1S/C20H18ClN5O3/c1-29-16-5-3-2-4-14(16)17-22-20(25-24-17)23-18(27)15-10-11-26(19(15)28)13-8-6-12(21)7-9-13/h2-9,15H,10-11H2,1H3,(H2,22,23,24,25,27). The van der Waals surface area contributed by atoms with Crippen LogP contribution in [0.25, 0.3) is 11.4 Å². The van der Waals surface area contributed by atoms with E-state index in [9.17, 15) is 9.59 Å². The maximum Gasteiger partial charge on any atom is 0.249 e. The minimum absolute atomic E-state index is 0.105. The Morgan fingerprint density at radius 3 is 2.76 bits per heavy atom. The van der Waals surface area contributed by atoms with Crippen molar-refractivity contribution in [2.75, 3.05) is 23.9 Å². The number of rotatable bonds is 5. The van der Waals surface area contributed by atoms with Gasteiger partial charge in [0.05, 0.1) is 12.7 Å². The van der Waals surface area contributed by atoms with Crippen LogP contribution in [0.4, 0.5) is 11.6 Å². The number of ether oxygens (including phenoxy) is 1. The molecule has 0 bridgehead atoms. The van der Waals surface area contributed by atoms with Crippen molar-refractivity contribution >= 4 is 35.1 Å². The summed E-state index contributed by atoms with van der Waals surface area (Å²) >= 11 is 5.90. The molecule has 148 valence electrons. The van der Waals surface area contributed by atoms with Gasteiger partial charge < -0.3 is 9.64 Å². The van der Waals surface area contributed by atoms with Gasteiger partial charge in [-0.1, -0.05) is 23.7 Å². The lowest BCUT2D eigenvalue weighted by atomic mass is 10.1. The smallest absolute Gasteiger partial charge is 0.249 e. The lowest BCUT2D eigenvalue weighted by Crippen LogP contribution is -2.33. The van der Waals surface area contributed by atoms with E-state index in [-0.39, 0.29) is 11.9 Å². The molecule has 1 aromatic heterocycles. The predicted molar refractivity (Wildman–Crippen MR) is 109 cm³/mol. The zero-order valence-electron chi connectivity index (χ0n) is 15.6. The van der Waals surface area contributed by atoms with Crippen LogP contribution in [0.5, 0.6) is 5.75 Å². The average Bonchev–Trinajstić information content (AvgIpc) is 3.35. The third-order valence-corrected chi connectivity index (χ3v) is 4.99. The van der Waals surface area contributed by atoms with E-state index in [0.29, 0.717) is 40.8 Å². The Morgan fingerprint density at radius 2 is 2.00 bits per heavy atom.